The number of carbonyl (C=O) groups excluding carboxylic acids is 1. The standard InChI is InChI=1S/C18H34N2O2/c1-14(2)12-15(9-11-21)13-19-18(22)20-10-5-8-17(20)16-6-3-4-7-16/h14-17,21H,3-13H2,1-2H3,(H,19,22). The van der Waals surface area contributed by atoms with Gasteiger partial charge in [-0.15, -0.1) is 0 Å². The average molecular weight is 310 g/mol. The van der Waals surface area contributed by atoms with Crippen molar-refractivity contribution in [2.24, 2.45) is 17.8 Å². The summed E-state index contributed by atoms with van der Waals surface area (Å²) in [6.45, 7) is 6.22. The molecule has 2 N–H and O–H groups in total. The van der Waals surface area contributed by atoms with Crippen molar-refractivity contribution in [1.29, 1.82) is 0 Å². The number of amides is 2. The van der Waals surface area contributed by atoms with Crippen LogP contribution in [-0.4, -0.2) is 41.8 Å². The molecule has 4 nitrogen and oxygen atoms in total. The molecule has 2 unspecified atom stereocenters. The van der Waals surface area contributed by atoms with E-state index in [9.17, 15) is 9.90 Å². The minimum absolute atomic E-state index is 0.126. The lowest BCUT2D eigenvalue weighted by Crippen LogP contribution is -2.46. The summed E-state index contributed by atoms with van der Waals surface area (Å²) in [5.41, 5.74) is 0. The van der Waals surface area contributed by atoms with Crippen molar-refractivity contribution in [3.05, 3.63) is 0 Å². The first-order chi connectivity index (χ1) is 10.6. The van der Waals surface area contributed by atoms with Crippen LogP contribution < -0.4 is 5.32 Å². The zero-order valence-electron chi connectivity index (χ0n) is 14.4. The Kier molecular flexibility index (Phi) is 7.00. The Hall–Kier alpha value is -0.770. The van der Waals surface area contributed by atoms with Crippen molar-refractivity contribution in [1.82, 2.24) is 10.2 Å². The number of carbonyl (C=O) groups is 1. The first kappa shape index (κ1) is 17.6. The molecule has 2 amide bonds. The summed E-state index contributed by atoms with van der Waals surface area (Å²) >= 11 is 0. The molecule has 2 aliphatic rings. The van der Waals surface area contributed by atoms with Crippen LogP contribution in [0.2, 0.25) is 0 Å². The van der Waals surface area contributed by atoms with Crippen LogP contribution in [0.5, 0.6) is 0 Å². The molecule has 0 bridgehead atoms. The Morgan fingerprint density at radius 3 is 2.59 bits per heavy atom. The maximum atomic E-state index is 12.6. The Morgan fingerprint density at radius 1 is 1.23 bits per heavy atom. The van der Waals surface area contributed by atoms with Gasteiger partial charge in [0.1, 0.15) is 0 Å². The van der Waals surface area contributed by atoms with Crippen LogP contribution in [0.1, 0.15) is 65.2 Å². The van der Waals surface area contributed by atoms with Crippen molar-refractivity contribution in [2.45, 2.75) is 71.3 Å². The molecule has 2 rings (SSSR count). The van der Waals surface area contributed by atoms with E-state index in [2.05, 4.69) is 24.1 Å². The first-order valence-electron chi connectivity index (χ1n) is 9.27. The van der Waals surface area contributed by atoms with Gasteiger partial charge in [0.05, 0.1) is 0 Å². The molecule has 22 heavy (non-hydrogen) atoms. The molecule has 0 aromatic rings. The molecule has 1 heterocycles. The average Bonchev–Trinajstić information content (AvgIpc) is 3.13. The van der Waals surface area contributed by atoms with Crippen LogP contribution in [0, 0.1) is 17.8 Å². The summed E-state index contributed by atoms with van der Waals surface area (Å²) in [4.78, 5) is 14.7. The largest absolute Gasteiger partial charge is 0.396 e. The van der Waals surface area contributed by atoms with E-state index in [0.717, 1.165) is 31.7 Å². The van der Waals surface area contributed by atoms with Gasteiger partial charge in [-0.1, -0.05) is 26.7 Å². The first-order valence-corrected chi connectivity index (χ1v) is 9.27. The van der Waals surface area contributed by atoms with Gasteiger partial charge in [-0.2, -0.15) is 0 Å². The number of nitrogens with one attached hydrogen (secondary N) is 1. The van der Waals surface area contributed by atoms with Crippen molar-refractivity contribution in [3.8, 4) is 0 Å². The predicted molar refractivity (Wildman–Crippen MR) is 89.7 cm³/mol. The van der Waals surface area contributed by atoms with Crippen molar-refractivity contribution < 1.29 is 9.90 Å². The molecular weight excluding hydrogens is 276 g/mol. The number of likely N-dealkylation sites (tertiary alicyclic amines) is 1. The highest BCUT2D eigenvalue weighted by Gasteiger charge is 2.35. The molecule has 4 heteroatoms. The van der Waals surface area contributed by atoms with Crippen molar-refractivity contribution in [3.63, 3.8) is 0 Å². The van der Waals surface area contributed by atoms with Gasteiger partial charge in [0.25, 0.3) is 0 Å². The monoisotopic (exact) mass is 310 g/mol. The quantitative estimate of drug-likeness (QED) is 0.757. The molecule has 1 aliphatic heterocycles. The minimum atomic E-state index is 0.126. The Morgan fingerprint density at radius 2 is 1.95 bits per heavy atom. The summed E-state index contributed by atoms with van der Waals surface area (Å²) < 4.78 is 0. The highest BCUT2D eigenvalue weighted by molar-refractivity contribution is 5.74. The summed E-state index contributed by atoms with van der Waals surface area (Å²) in [6.07, 6.45) is 9.46. The number of aliphatic hydroxyl groups excluding tert-OH is 1. The number of urea groups is 1. The highest BCUT2D eigenvalue weighted by atomic mass is 16.3. The summed E-state index contributed by atoms with van der Waals surface area (Å²) in [5.74, 6) is 1.73. The number of hydrogen-bond donors (Lipinski definition) is 2. The number of hydrogen-bond acceptors (Lipinski definition) is 2. The number of nitrogens with zero attached hydrogens (tertiary/aromatic N) is 1. The summed E-state index contributed by atoms with van der Waals surface area (Å²) in [7, 11) is 0. The Bertz CT molecular complexity index is 340. The number of aliphatic hydroxyl groups is 1. The maximum Gasteiger partial charge on any atom is 0.317 e. The van der Waals surface area contributed by atoms with Crippen LogP contribution in [-0.2, 0) is 0 Å². The van der Waals surface area contributed by atoms with Crippen molar-refractivity contribution in [2.75, 3.05) is 19.7 Å². The second kappa shape index (κ2) is 8.76. The zero-order valence-corrected chi connectivity index (χ0v) is 14.4. The fraction of sp³-hybridized carbons (Fsp3) is 0.944. The SMILES string of the molecule is CC(C)CC(CCO)CNC(=O)N1CCCC1C1CCCC1. The fourth-order valence-corrected chi connectivity index (χ4v) is 4.36. The fourth-order valence-electron chi connectivity index (χ4n) is 4.36. The topological polar surface area (TPSA) is 52.6 Å². The smallest absolute Gasteiger partial charge is 0.317 e. The van der Waals surface area contributed by atoms with Gasteiger partial charge in [-0.05, 0) is 56.3 Å². The van der Waals surface area contributed by atoms with Gasteiger partial charge in [-0.3, -0.25) is 0 Å². The Balaban J connectivity index is 1.82. The van der Waals surface area contributed by atoms with E-state index in [1.807, 2.05) is 0 Å². The van der Waals surface area contributed by atoms with E-state index in [-0.39, 0.29) is 12.6 Å². The molecular formula is C18H34N2O2. The van der Waals surface area contributed by atoms with Crippen LogP contribution >= 0.6 is 0 Å². The third-order valence-electron chi connectivity index (χ3n) is 5.39. The van der Waals surface area contributed by atoms with E-state index < -0.39 is 0 Å². The summed E-state index contributed by atoms with van der Waals surface area (Å²) in [5, 5.41) is 12.3. The lowest BCUT2D eigenvalue weighted by Gasteiger charge is -2.30. The lowest BCUT2D eigenvalue weighted by atomic mass is 9.94. The van der Waals surface area contributed by atoms with Gasteiger partial charge in [-0.25, -0.2) is 4.79 Å². The van der Waals surface area contributed by atoms with E-state index >= 15 is 0 Å². The zero-order chi connectivity index (χ0) is 15.9. The van der Waals surface area contributed by atoms with Gasteiger partial charge < -0.3 is 15.3 Å². The van der Waals surface area contributed by atoms with Crippen LogP contribution in [0.3, 0.4) is 0 Å². The second-order valence-corrected chi connectivity index (χ2v) is 7.64. The molecule has 0 aromatic carbocycles. The molecule has 128 valence electrons. The lowest BCUT2D eigenvalue weighted by molar-refractivity contribution is 0.168. The highest BCUT2D eigenvalue weighted by Crippen LogP contribution is 2.35. The van der Waals surface area contributed by atoms with E-state index in [1.54, 1.807) is 0 Å². The molecule has 2 atom stereocenters. The van der Waals surface area contributed by atoms with Crippen molar-refractivity contribution >= 4 is 6.03 Å². The van der Waals surface area contributed by atoms with E-state index in [4.69, 9.17) is 0 Å². The molecule has 0 radical (unpaired) electrons. The van der Waals surface area contributed by atoms with Crippen LogP contribution in [0.15, 0.2) is 0 Å². The van der Waals surface area contributed by atoms with Crippen LogP contribution in [0.4, 0.5) is 4.79 Å². The predicted octanol–water partition coefficient (Wildman–Crippen LogP) is 3.40. The maximum absolute atomic E-state index is 12.6. The molecule has 0 spiro atoms. The molecule has 1 aliphatic carbocycles. The third kappa shape index (κ3) is 4.87. The second-order valence-electron chi connectivity index (χ2n) is 7.64. The normalized spacial score (nSPS) is 24.2. The molecule has 2 fully saturated rings. The molecule has 1 saturated carbocycles. The minimum Gasteiger partial charge on any atom is -0.396 e. The van der Waals surface area contributed by atoms with Gasteiger partial charge in [0, 0.05) is 25.7 Å². The Labute approximate surface area is 135 Å². The summed E-state index contributed by atoms with van der Waals surface area (Å²) in [6, 6.07) is 0.602. The van der Waals surface area contributed by atoms with Crippen LogP contribution in [0.25, 0.3) is 0 Å². The van der Waals surface area contributed by atoms with E-state index in [0.29, 0.717) is 24.4 Å². The van der Waals surface area contributed by atoms with E-state index in [1.165, 1.54) is 32.1 Å². The molecule has 1 saturated heterocycles. The van der Waals surface area contributed by atoms with Gasteiger partial charge in [0.15, 0.2) is 0 Å². The number of rotatable bonds is 7. The van der Waals surface area contributed by atoms with Gasteiger partial charge in [0.2, 0.25) is 0 Å². The molecule has 0 aromatic heterocycles. The van der Waals surface area contributed by atoms with Gasteiger partial charge >= 0.3 is 6.03 Å². The third-order valence-corrected chi connectivity index (χ3v) is 5.39.